The van der Waals surface area contributed by atoms with E-state index in [1.165, 1.54) is 0 Å². The first-order valence-corrected chi connectivity index (χ1v) is 4.71. The normalized spacial score (nSPS) is 14.9. The number of hydrogen-bond acceptors (Lipinski definition) is 3. The molecule has 4 heteroatoms. The van der Waals surface area contributed by atoms with Gasteiger partial charge in [-0.15, -0.1) is 0 Å². The summed E-state index contributed by atoms with van der Waals surface area (Å²) in [5.41, 5.74) is 6.18. The third-order valence-corrected chi connectivity index (χ3v) is 2.36. The molecule has 0 aliphatic rings. The van der Waals surface area contributed by atoms with Crippen molar-refractivity contribution in [1.29, 1.82) is 0 Å². The summed E-state index contributed by atoms with van der Waals surface area (Å²) < 4.78 is 5.03. The van der Waals surface area contributed by atoms with E-state index in [-0.39, 0.29) is 6.04 Å². The van der Waals surface area contributed by atoms with Crippen LogP contribution in [0.15, 0.2) is 18.2 Å². The molecule has 0 heterocycles. The molecule has 0 aliphatic heterocycles. The van der Waals surface area contributed by atoms with Crippen molar-refractivity contribution >= 4 is 11.6 Å². The van der Waals surface area contributed by atoms with Crippen LogP contribution < -0.4 is 10.5 Å². The Morgan fingerprint density at radius 1 is 1.50 bits per heavy atom. The van der Waals surface area contributed by atoms with Gasteiger partial charge in [-0.1, -0.05) is 11.6 Å². The fraction of sp³-hybridized carbons (Fsp3) is 0.400. The largest absolute Gasteiger partial charge is 0.497 e. The zero-order valence-electron chi connectivity index (χ0n) is 8.20. The van der Waals surface area contributed by atoms with Crippen LogP contribution in [0, 0.1) is 0 Å². The molecule has 3 nitrogen and oxygen atoms in total. The molecular formula is C10H14ClNO2. The Morgan fingerprint density at radius 2 is 2.14 bits per heavy atom. The second-order valence-corrected chi connectivity index (χ2v) is 3.60. The van der Waals surface area contributed by atoms with Gasteiger partial charge in [0.25, 0.3) is 0 Å². The third-order valence-electron chi connectivity index (χ3n) is 2.02. The van der Waals surface area contributed by atoms with Crippen LogP contribution in [0.1, 0.15) is 18.6 Å². The van der Waals surface area contributed by atoms with Crippen molar-refractivity contribution < 1.29 is 9.84 Å². The average molecular weight is 216 g/mol. The van der Waals surface area contributed by atoms with Crippen LogP contribution >= 0.6 is 11.6 Å². The fourth-order valence-corrected chi connectivity index (χ4v) is 1.39. The maximum Gasteiger partial charge on any atom is 0.119 e. The molecule has 1 aromatic rings. The highest BCUT2D eigenvalue weighted by Crippen LogP contribution is 2.28. The fourth-order valence-electron chi connectivity index (χ4n) is 1.16. The highest BCUT2D eigenvalue weighted by atomic mass is 35.5. The minimum Gasteiger partial charge on any atom is -0.497 e. The predicted octanol–water partition coefficient (Wildman–Crippen LogP) is 1.73. The van der Waals surface area contributed by atoms with Crippen LogP contribution in [0.4, 0.5) is 0 Å². The molecule has 3 N–H and O–H groups in total. The number of rotatable bonds is 3. The third kappa shape index (κ3) is 2.38. The van der Waals surface area contributed by atoms with Crippen molar-refractivity contribution in [2.45, 2.75) is 19.1 Å². The van der Waals surface area contributed by atoms with Crippen LogP contribution in [0.3, 0.4) is 0 Å². The first kappa shape index (κ1) is 11.3. The lowest BCUT2D eigenvalue weighted by atomic mass is 10.0. The molecule has 14 heavy (non-hydrogen) atoms. The van der Waals surface area contributed by atoms with E-state index in [1.807, 2.05) is 0 Å². The van der Waals surface area contributed by atoms with Crippen molar-refractivity contribution in [2.75, 3.05) is 7.11 Å². The van der Waals surface area contributed by atoms with Crippen LogP contribution in [-0.4, -0.2) is 18.3 Å². The summed E-state index contributed by atoms with van der Waals surface area (Å²) in [4.78, 5) is 0. The number of ether oxygens (including phenoxy) is 1. The molecule has 0 radical (unpaired) electrons. The predicted molar refractivity (Wildman–Crippen MR) is 56.6 cm³/mol. The number of aliphatic hydroxyl groups is 1. The van der Waals surface area contributed by atoms with Gasteiger partial charge in [0.2, 0.25) is 0 Å². The van der Waals surface area contributed by atoms with E-state index in [2.05, 4.69) is 0 Å². The molecule has 1 aromatic carbocycles. The van der Waals surface area contributed by atoms with Crippen LogP contribution in [-0.2, 0) is 0 Å². The van der Waals surface area contributed by atoms with Crippen LogP contribution in [0.5, 0.6) is 5.75 Å². The monoisotopic (exact) mass is 215 g/mol. The number of nitrogens with two attached hydrogens (primary N) is 1. The lowest BCUT2D eigenvalue weighted by Crippen LogP contribution is -2.24. The van der Waals surface area contributed by atoms with Crippen molar-refractivity contribution in [3.63, 3.8) is 0 Å². The second-order valence-electron chi connectivity index (χ2n) is 3.19. The molecule has 0 saturated heterocycles. The Kier molecular flexibility index (Phi) is 3.75. The molecule has 0 unspecified atom stereocenters. The van der Waals surface area contributed by atoms with E-state index in [4.69, 9.17) is 22.1 Å². The van der Waals surface area contributed by atoms with Gasteiger partial charge in [0.15, 0.2) is 0 Å². The number of hydrogen-bond donors (Lipinski definition) is 2. The topological polar surface area (TPSA) is 55.5 Å². The summed E-state index contributed by atoms with van der Waals surface area (Å²) in [6.07, 6.45) is -0.766. The molecule has 0 bridgehead atoms. The highest BCUT2D eigenvalue weighted by Gasteiger charge is 2.16. The molecule has 1 rings (SSSR count). The number of methoxy groups -OCH3 is 1. The minimum atomic E-state index is -0.766. The van der Waals surface area contributed by atoms with Crippen molar-refractivity contribution in [1.82, 2.24) is 0 Å². The minimum absolute atomic E-state index is 0.361. The smallest absolute Gasteiger partial charge is 0.119 e. The molecule has 0 saturated carbocycles. The zero-order valence-corrected chi connectivity index (χ0v) is 8.95. The van der Waals surface area contributed by atoms with Gasteiger partial charge < -0.3 is 15.6 Å². The molecule has 2 atom stereocenters. The number of aliphatic hydroxyl groups excluding tert-OH is 1. The van der Waals surface area contributed by atoms with E-state index in [9.17, 15) is 5.11 Å². The van der Waals surface area contributed by atoms with Crippen molar-refractivity contribution in [3.05, 3.63) is 28.8 Å². The van der Waals surface area contributed by atoms with E-state index in [0.717, 1.165) is 0 Å². The van der Waals surface area contributed by atoms with E-state index in [0.29, 0.717) is 16.3 Å². The Morgan fingerprint density at radius 3 is 2.64 bits per heavy atom. The maximum absolute atomic E-state index is 9.73. The highest BCUT2D eigenvalue weighted by molar-refractivity contribution is 6.31. The van der Waals surface area contributed by atoms with Crippen LogP contribution in [0.2, 0.25) is 5.02 Å². The van der Waals surface area contributed by atoms with Gasteiger partial charge in [-0.2, -0.15) is 0 Å². The molecule has 0 aromatic heterocycles. The first-order valence-electron chi connectivity index (χ1n) is 4.33. The van der Waals surface area contributed by atoms with Crippen molar-refractivity contribution in [2.24, 2.45) is 5.73 Å². The molecule has 0 fully saturated rings. The first-order chi connectivity index (χ1) is 6.56. The summed E-state index contributed by atoms with van der Waals surface area (Å²) in [7, 11) is 1.56. The van der Waals surface area contributed by atoms with Gasteiger partial charge in [0, 0.05) is 16.6 Å². The average Bonchev–Trinajstić information content (AvgIpc) is 2.17. The Hall–Kier alpha value is -0.770. The van der Waals surface area contributed by atoms with Gasteiger partial charge in [-0.05, 0) is 25.1 Å². The molecule has 78 valence electrons. The Labute approximate surface area is 88.4 Å². The molecule has 0 aliphatic carbocycles. The van der Waals surface area contributed by atoms with Gasteiger partial charge in [0.1, 0.15) is 5.75 Å². The number of halogens is 1. The zero-order chi connectivity index (χ0) is 10.7. The van der Waals surface area contributed by atoms with E-state index < -0.39 is 6.10 Å². The molecular weight excluding hydrogens is 202 g/mol. The standard InChI is InChI=1S/C10H14ClNO2/c1-6(12)10(13)8-5-7(14-2)3-4-9(8)11/h3-6,10,13H,12H2,1-2H3/t6-,10-/m1/s1. The summed E-state index contributed by atoms with van der Waals surface area (Å²) >= 11 is 5.92. The summed E-state index contributed by atoms with van der Waals surface area (Å²) in [5, 5.41) is 10.2. The Balaban J connectivity index is 3.05. The Bertz CT molecular complexity index is 315. The quantitative estimate of drug-likeness (QED) is 0.808. The van der Waals surface area contributed by atoms with Gasteiger partial charge in [-0.3, -0.25) is 0 Å². The summed E-state index contributed by atoms with van der Waals surface area (Å²) in [5.74, 6) is 0.657. The maximum atomic E-state index is 9.73. The lowest BCUT2D eigenvalue weighted by Gasteiger charge is -2.16. The lowest BCUT2D eigenvalue weighted by molar-refractivity contribution is 0.153. The van der Waals surface area contributed by atoms with Crippen LogP contribution in [0.25, 0.3) is 0 Å². The SMILES string of the molecule is COc1ccc(Cl)c([C@H](O)[C@@H](C)N)c1. The second kappa shape index (κ2) is 4.64. The van der Waals surface area contributed by atoms with E-state index in [1.54, 1.807) is 32.2 Å². The van der Waals surface area contributed by atoms with Gasteiger partial charge >= 0.3 is 0 Å². The summed E-state index contributed by atoms with van der Waals surface area (Å²) in [6, 6.07) is 4.75. The number of benzene rings is 1. The molecule has 0 amide bonds. The van der Waals surface area contributed by atoms with Gasteiger partial charge in [0.05, 0.1) is 13.2 Å². The van der Waals surface area contributed by atoms with Crippen molar-refractivity contribution in [3.8, 4) is 5.75 Å². The summed E-state index contributed by atoms with van der Waals surface area (Å²) in [6.45, 7) is 1.72. The molecule has 0 spiro atoms. The van der Waals surface area contributed by atoms with Gasteiger partial charge in [-0.25, -0.2) is 0 Å². The van der Waals surface area contributed by atoms with E-state index >= 15 is 0 Å².